The number of aliphatic hydroxyl groups is 1. The van der Waals surface area contributed by atoms with Crippen LogP contribution in [0.3, 0.4) is 0 Å². The molecular formula is C10H17NO2. The third-order valence-electron chi connectivity index (χ3n) is 1.80. The summed E-state index contributed by atoms with van der Waals surface area (Å²) >= 11 is 0. The van der Waals surface area contributed by atoms with Crippen LogP contribution in [0.25, 0.3) is 0 Å². The number of aryl methyl sites for hydroxylation is 1. The van der Waals surface area contributed by atoms with E-state index in [1.807, 2.05) is 31.0 Å². The number of hydrogen-bond donors (Lipinski definition) is 1. The van der Waals surface area contributed by atoms with Crippen LogP contribution in [0.2, 0.25) is 0 Å². The maximum Gasteiger partial charge on any atom is 0.118 e. The van der Waals surface area contributed by atoms with E-state index in [0.29, 0.717) is 6.54 Å². The fourth-order valence-corrected chi connectivity index (χ4v) is 1.35. The first-order chi connectivity index (χ1) is 6.08. The van der Waals surface area contributed by atoms with Crippen LogP contribution in [0, 0.1) is 6.92 Å². The Morgan fingerprint density at radius 3 is 2.69 bits per heavy atom. The summed E-state index contributed by atoms with van der Waals surface area (Å²) in [5, 5.41) is 9.13. The lowest BCUT2D eigenvalue weighted by Gasteiger charge is -2.16. The molecule has 0 aromatic carbocycles. The van der Waals surface area contributed by atoms with Crippen LogP contribution in [0.4, 0.5) is 0 Å². The van der Waals surface area contributed by atoms with E-state index in [9.17, 15) is 0 Å². The molecule has 1 aromatic rings. The maximum absolute atomic E-state index is 9.13. The first-order valence-corrected chi connectivity index (χ1v) is 4.50. The molecule has 0 spiro atoms. The van der Waals surface area contributed by atoms with E-state index >= 15 is 0 Å². The Labute approximate surface area is 79.0 Å². The van der Waals surface area contributed by atoms with Crippen molar-refractivity contribution in [1.29, 1.82) is 0 Å². The number of hydrogen-bond acceptors (Lipinski definition) is 3. The van der Waals surface area contributed by atoms with Crippen molar-refractivity contribution in [3.63, 3.8) is 0 Å². The molecule has 74 valence electrons. The van der Waals surface area contributed by atoms with Gasteiger partial charge in [0.2, 0.25) is 0 Å². The molecule has 1 atom stereocenters. The van der Waals surface area contributed by atoms with Gasteiger partial charge < -0.3 is 9.52 Å². The van der Waals surface area contributed by atoms with Crippen LogP contribution in [-0.4, -0.2) is 29.7 Å². The average Bonchev–Trinajstić information content (AvgIpc) is 2.33. The van der Waals surface area contributed by atoms with Crippen molar-refractivity contribution in [2.75, 3.05) is 13.6 Å². The van der Waals surface area contributed by atoms with Crippen LogP contribution < -0.4 is 0 Å². The van der Waals surface area contributed by atoms with E-state index in [2.05, 4.69) is 0 Å². The highest BCUT2D eigenvalue weighted by molar-refractivity contribution is 5.05. The third kappa shape index (κ3) is 3.61. The standard InChI is InChI=1S/C10H17NO2/c1-8(12)6-11(3)7-10-5-4-9(2)13-10/h4-5,8,12H,6-7H2,1-3H3/t8-/m1/s1. The highest BCUT2D eigenvalue weighted by atomic mass is 16.3. The summed E-state index contributed by atoms with van der Waals surface area (Å²) in [6.45, 7) is 5.13. The quantitative estimate of drug-likeness (QED) is 0.766. The minimum Gasteiger partial charge on any atom is -0.465 e. The minimum absolute atomic E-state index is 0.291. The Bertz CT molecular complexity index is 255. The fourth-order valence-electron chi connectivity index (χ4n) is 1.35. The molecule has 1 rings (SSSR count). The monoisotopic (exact) mass is 183 g/mol. The topological polar surface area (TPSA) is 36.6 Å². The van der Waals surface area contributed by atoms with Crippen LogP contribution in [-0.2, 0) is 6.54 Å². The first-order valence-electron chi connectivity index (χ1n) is 4.50. The summed E-state index contributed by atoms with van der Waals surface area (Å²) in [4.78, 5) is 2.03. The second kappa shape index (κ2) is 4.44. The van der Waals surface area contributed by atoms with Crippen LogP contribution in [0.5, 0.6) is 0 Å². The van der Waals surface area contributed by atoms with Gasteiger partial charge in [-0.1, -0.05) is 0 Å². The van der Waals surface area contributed by atoms with Gasteiger partial charge >= 0.3 is 0 Å². The Hall–Kier alpha value is -0.800. The zero-order valence-electron chi connectivity index (χ0n) is 8.45. The summed E-state index contributed by atoms with van der Waals surface area (Å²) in [6, 6.07) is 3.92. The van der Waals surface area contributed by atoms with Gasteiger partial charge in [0, 0.05) is 6.54 Å². The Morgan fingerprint density at radius 2 is 2.23 bits per heavy atom. The van der Waals surface area contributed by atoms with Crippen LogP contribution in [0.15, 0.2) is 16.5 Å². The zero-order valence-corrected chi connectivity index (χ0v) is 8.45. The van der Waals surface area contributed by atoms with E-state index in [1.165, 1.54) is 0 Å². The first kappa shape index (κ1) is 10.3. The summed E-state index contributed by atoms with van der Waals surface area (Å²) in [7, 11) is 1.96. The molecular weight excluding hydrogens is 166 g/mol. The van der Waals surface area contributed by atoms with Gasteiger partial charge in [0.05, 0.1) is 12.6 Å². The molecule has 1 heterocycles. The van der Waals surface area contributed by atoms with E-state index < -0.39 is 0 Å². The summed E-state index contributed by atoms with van der Waals surface area (Å²) in [5.41, 5.74) is 0. The second-order valence-corrected chi connectivity index (χ2v) is 3.56. The van der Waals surface area contributed by atoms with Crippen LogP contribution in [0.1, 0.15) is 18.4 Å². The largest absolute Gasteiger partial charge is 0.465 e. The predicted molar refractivity (Wildman–Crippen MR) is 51.5 cm³/mol. The number of rotatable bonds is 4. The van der Waals surface area contributed by atoms with Crippen molar-refractivity contribution < 1.29 is 9.52 Å². The molecule has 0 bridgehead atoms. The molecule has 0 radical (unpaired) electrons. The second-order valence-electron chi connectivity index (χ2n) is 3.56. The molecule has 0 fully saturated rings. The van der Waals surface area contributed by atoms with Gasteiger partial charge in [0.15, 0.2) is 0 Å². The molecule has 0 saturated carbocycles. The van der Waals surface area contributed by atoms with Gasteiger partial charge in [-0.15, -0.1) is 0 Å². The molecule has 3 nitrogen and oxygen atoms in total. The van der Waals surface area contributed by atoms with Crippen molar-refractivity contribution in [2.24, 2.45) is 0 Å². The molecule has 3 heteroatoms. The molecule has 1 N–H and O–H groups in total. The zero-order chi connectivity index (χ0) is 9.84. The summed E-state index contributed by atoms with van der Waals surface area (Å²) < 4.78 is 5.41. The van der Waals surface area contributed by atoms with Gasteiger partial charge in [0.1, 0.15) is 11.5 Å². The average molecular weight is 183 g/mol. The van der Waals surface area contributed by atoms with Crippen molar-refractivity contribution in [3.8, 4) is 0 Å². The lowest BCUT2D eigenvalue weighted by Crippen LogP contribution is -2.26. The van der Waals surface area contributed by atoms with Crippen molar-refractivity contribution in [1.82, 2.24) is 4.90 Å². The number of furan rings is 1. The minimum atomic E-state index is -0.291. The van der Waals surface area contributed by atoms with Gasteiger partial charge in [-0.3, -0.25) is 4.90 Å². The smallest absolute Gasteiger partial charge is 0.118 e. The number of likely N-dealkylation sites (N-methyl/N-ethyl adjacent to an activating group) is 1. The van der Waals surface area contributed by atoms with Crippen molar-refractivity contribution in [3.05, 3.63) is 23.7 Å². The molecule has 13 heavy (non-hydrogen) atoms. The molecule has 0 saturated heterocycles. The lowest BCUT2D eigenvalue weighted by atomic mass is 10.3. The van der Waals surface area contributed by atoms with E-state index in [4.69, 9.17) is 9.52 Å². The summed E-state index contributed by atoms with van der Waals surface area (Å²) in [6.07, 6.45) is -0.291. The lowest BCUT2D eigenvalue weighted by molar-refractivity contribution is 0.134. The normalized spacial score (nSPS) is 13.6. The molecule has 1 aromatic heterocycles. The van der Waals surface area contributed by atoms with Gasteiger partial charge in [-0.2, -0.15) is 0 Å². The van der Waals surface area contributed by atoms with Crippen molar-refractivity contribution in [2.45, 2.75) is 26.5 Å². The highest BCUT2D eigenvalue weighted by Gasteiger charge is 2.05. The maximum atomic E-state index is 9.13. The predicted octanol–water partition coefficient (Wildman–Crippen LogP) is 1.40. The van der Waals surface area contributed by atoms with Gasteiger partial charge in [-0.05, 0) is 33.0 Å². The molecule has 0 aliphatic heterocycles. The molecule has 0 unspecified atom stereocenters. The third-order valence-corrected chi connectivity index (χ3v) is 1.80. The number of nitrogens with zero attached hydrogens (tertiary/aromatic N) is 1. The molecule has 0 aliphatic carbocycles. The molecule has 0 amide bonds. The Balaban J connectivity index is 2.40. The van der Waals surface area contributed by atoms with E-state index in [1.54, 1.807) is 6.92 Å². The Kier molecular flexibility index (Phi) is 3.51. The summed E-state index contributed by atoms with van der Waals surface area (Å²) in [5.74, 6) is 1.88. The van der Waals surface area contributed by atoms with Crippen LogP contribution >= 0.6 is 0 Å². The molecule has 0 aliphatic rings. The van der Waals surface area contributed by atoms with Gasteiger partial charge in [-0.25, -0.2) is 0 Å². The van der Waals surface area contributed by atoms with Crippen molar-refractivity contribution >= 4 is 0 Å². The number of aliphatic hydroxyl groups excluding tert-OH is 1. The van der Waals surface area contributed by atoms with E-state index in [0.717, 1.165) is 18.1 Å². The highest BCUT2D eigenvalue weighted by Crippen LogP contribution is 2.08. The SMILES string of the molecule is Cc1ccc(CN(C)C[C@@H](C)O)o1. The Morgan fingerprint density at radius 1 is 1.54 bits per heavy atom. The fraction of sp³-hybridized carbons (Fsp3) is 0.600. The van der Waals surface area contributed by atoms with E-state index in [-0.39, 0.29) is 6.10 Å². The van der Waals surface area contributed by atoms with Gasteiger partial charge in [0.25, 0.3) is 0 Å².